The number of nitrogens with one attached hydrogen (secondary N) is 1. The second kappa shape index (κ2) is 6.14. The zero-order chi connectivity index (χ0) is 12.1. The molecule has 1 heterocycles. The fourth-order valence-corrected chi connectivity index (χ4v) is 3.40. The molecule has 100 valence electrons. The number of aliphatic hydroxyl groups excluding tert-OH is 1. The van der Waals surface area contributed by atoms with Crippen molar-refractivity contribution in [1.29, 1.82) is 0 Å². The number of hydrogen-bond acceptors (Lipinski definition) is 4. The Balaban J connectivity index is 1.88. The SMILES string of the molecule is CNCC1(CN2CCOC(CO)C2)CCCC1. The van der Waals surface area contributed by atoms with Gasteiger partial charge in [0.2, 0.25) is 0 Å². The fourth-order valence-electron chi connectivity index (χ4n) is 3.40. The first-order chi connectivity index (χ1) is 8.28. The monoisotopic (exact) mass is 242 g/mol. The number of hydrogen-bond donors (Lipinski definition) is 2. The van der Waals surface area contributed by atoms with Gasteiger partial charge in [0, 0.05) is 26.2 Å². The van der Waals surface area contributed by atoms with Crippen LogP contribution in [0.3, 0.4) is 0 Å². The summed E-state index contributed by atoms with van der Waals surface area (Å²) in [6, 6.07) is 0. The molecule has 0 radical (unpaired) electrons. The van der Waals surface area contributed by atoms with Crippen molar-refractivity contribution in [1.82, 2.24) is 10.2 Å². The quantitative estimate of drug-likeness (QED) is 0.735. The molecule has 4 nitrogen and oxygen atoms in total. The summed E-state index contributed by atoms with van der Waals surface area (Å²) >= 11 is 0. The summed E-state index contributed by atoms with van der Waals surface area (Å²) in [5.41, 5.74) is 0.464. The maximum absolute atomic E-state index is 9.17. The van der Waals surface area contributed by atoms with Crippen LogP contribution in [0.2, 0.25) is 0 Å². The molecule has 0 bridgehead atoms. The van der Waals surface area contributed by atoms with Crippen molar-refractivity contribution in [2.75, 3.05) is 46.4 Å². The Morgan fingerprint density at radius 3 is 2.82 bits per heavy atom. The van der Waals surface area contributed by atoms with Gasteiger partial charge in [-0.25, -0.2) is 0 Å². The van der Waals surface area contributed by atoms with E-state index in [0.29, 0.717) is 5.41 Å². The molecule has 2 N–H and O–H groups in total. The van der Waals surface area contributed by atoms with Crippen LogP contribution in [-0.4, -0.2) is 62.6 Å². The minimum Gasteiger partial charge on any atom is -0.394 e. The summed E-state index contributed by atoms with van der Waals surface area (Å²) in [5.74, 6) is 0. The smallest absolute Gasteiger partial charge is 0.0932 e. The van der Waals surface area contributed by atoms with E-state index in [4.69, 9.17) is 4.74 Å². The van der Waals surface area contributed by atoms with Crippen LogP contribution in [0.15, 0.2) is 0 Å². The summed E-state index contributed by atoms with van der Waals surface area (Å²) in [7, 11) is 2.05. The molecule has 0 spiro atoms. The molecule has 2 aliphatic rings. The van der Waals surface area contributed by atoms with E-state index in [9.17, 15) is 5.11 Å². The van der Waals surface area contributed by atoms with E-state index in [1.807, 2.05) is 0 Å². The Morgan fingerprint density at radius 2 is 2.18 bits per heavy atom. The van der Waals surface area contributed by atoms with Crippen LogP contribution in [0, 0.1) is 5.41 Å². The Labute approximate surface area is 104 Å². The van der Waals surface area contributed by atoms with Crippen LogP contribution in [0.1, 0.15) is 25.7 Å². The molecule has 4 heteroatoms. The first-order valence-electron chi connectivity index (χ1n) is 6.87. The van der Waals surface area contributed by atoms with E-state index in [1.165, 1.54) is 25.7 Å². The summed E-state index contributed by atoms with van der Waals surface area (Å²) < 4.78 is 5.51. The van der Waals surface area contributed by atoms with Gasteiger partial charge < -0.3 is 15.2 Å². The van der Waals surface area contributed by atoms with Crippen LogP contribution in [0.4, 0.5) is 0 Å². The molecule has 1 atom stereocenters. The van der Waals surface area contributed by atoms with Crippen LogP contribution < -0.4 is 5.32 Å². The minimum absolute atomic E-state index is 0.0248. The molecule has 1 aliphatic heterocycles. The lowest BCUT2D eigenvalue weighted by Gasteiger charge is -2.39. The third-order valence-electron chi connectivity index (χ3n) is 4.20. The first kappa shape index (κ1) is 13.3. The maximum Gasteiger partial charge on any atom is 0.0932 e. The second-order valence-corrected chi connectivity index (χ2v) is 5.65. The van der Waals surface area contributed by atoms with E-state index in [2.05, 4.69) is 17.3 Å². The van der Waals surface area contributed by atoms with Crippen molar-refractivity contribution < 1.29 is 9.84 Å². The Bertz CT molecular complexity index is 229. The highest BCUT2D eigenvalue weighted by Crippen LogP contribution is 2.38. The standard InChI is InChI=1S/C13H26N2O2/c1-14-10-13(4-2-3-5-13)11-15-6-7-17-12(8-15)9-16/h12,14,16H,2-11H2,1H3. The van der Waals surface area contributed by atoms with Crippen LogP contribution >= 0.6 is 0 Å². The molecule has 0 aromatic rings. The van der Waals surface area contributed by atoms with Crippen molar-refractivity contribution in [3.05, 3.63) is 0 Å². The normalized spacial score (nSPS) is 29.6. The topological polar surface area (TPSA) is 44.7 Å². The molecule has 2 rings (SSSR count). The molecular formula is C13H26N2O2. The van der Waals surface area contributed by atoms with Gasteiger partial charge in [0.05, 0.1) is 19.3 Å². The molecule has 0 aromatic heterocycles. The van der Waals surface area contributed by atoms with Gasteiger partial charge in [-0.3, -0.25) is 4.90 Å². The average Bonchev–Trinajstić information content (AvgIpc) is 2.78. The van der Waals surface area contributed by atoms with Crippen molar-refractivity contribution in [2.45, 2.75) is 31.8 Å². The number of ether oxygens (including phenoxy) is 1. The third-order valence-corrected chi connectivity index (χ3v) is 4.20. The number of rotatable bonds is 5. The van der Waals surface area contributed by atoms with E-state index in [1.54, 1.807) is 0 Å². The third kappa shape index (κ3) is 3.41. The molecule has 17 heavy (non-hydrogen) atoms. The highest BCUT2D eigenvalue weighted by Gasteiger charge is 2.36. The zero-order valence-electron chi connectivity index (χ0n) is 11.0. The summed E-state index contributed by atoms with van der Waals surface area (Å²) in [5, 5.41) is 12.5. The highest BCUT2D eigenvalue weighted by atomic mass is 16.5. The molecular weight excluding hydrogens is 216 g/mol. The Hall–Kier alpha value is -0.160. The van der Waals surface area contributed by atoms with Crippen molar-refractivity contribution in [3.63, 3.8) is 0 Å². The first-order valence-corrected chi connectivity index (χ1v) is 6.87. The Morgan fingerprint density at radius 1 is 1.41 bits per heavy atom. The molecule has 2 fully saturated rings. The van der Waals surface area contributed by atoms with Crippen LogP contribution in [-0.2, 0) is 4.74 Å². The molecule has 0 aromatic carbocycles. The van der Waals surface area contributed by atoms with Gasteiger partial charge in [-0.05, 0) is 25.3 Å². The number of morpholine rings is 1. The van der Waals surface area contributed by atoms with Gasteiger partial charge >= 0.3 is 0 Å². The largest absolute Gasteiger partial charge is 0.394 e. The van der Waals surface area contributed by atoms with Crippen molar-refractivity contribution >= 4 is 0 Å². The predicted molar refractivity (Wildman–Crippen MR) is 68.1 cm³/mol. The highest BCUT2D eigenvalue weighted by molar-refractivity contribution is 4.90. The van der Waals surface area contributed by atoms with E-state index in [0.717, 1.165) is 32.8 Å². The lowest BCUT2D eigenvalue weighted by molar-refractivity contribution is -0.0621. The van der Waals surface area contributed by atoms with E-state index in [-0.39, 0.29) is 12.7 Å². The lowest BCUT2D eigenvalue weighted by atomic mass is 9.85. The molecule has 1 aliphatic carbocycles. The van der Waals surface area contributed by atoms with E-state index < -0.39 is 0 Å². The maximum atomic E-state index is 9.17. The number of nitrogens with zero attached hydrogens (tertiary/aromatic N) is 1. The Kier molecular flexibility index (Phi) is 4.79. The second-order valence-electron chi connectivity index (χ2n) is 5.65. The summed E-state index contributed by atoms with van der Waals surface area (Å²) in [4.78, 5) is 2.48. The van der Waals surface area contributed by atoms with Gasteiger partial charge in [0.1, 0.15) is 0 Å². The van der Waals surface area contributed by atoms with Crippen LogP contribution in [0.5, 0.6) is 0 Å². The van der Waals surface area contributed by atoms with Gasteiger partial charge in [0.15, 0.2) is 0 Å². The lowest BCUT2D eigenvalue weighted by Crippen LogP contribution is -2.49. The van der Waals surface area contributed by atoms with Crippen molar-refractivity contribution in [2.24, 2.45) is 5.41 Å². The van der Waals surface area contributed by atoms with Gasteiger partial charge in [-0.1, -0.05) is 12.8 Å². The fraction of sp³-hybridized carbons (Fsp3) is 1.00. The van der Waals surface area contributed by atoms with Gasteiger partial charge in [-0.2, -0.15) is 0 Å². The minimum atomic E-state index is 0.0248. The van der Waals surface area contributed by atoms with E-state index >= 15 is 0 Å². The van der Waals surface area contributed by atoms with Crippen molar-refractivity contribution in [3.8, 4) is 0 Å². The number of aliphatic hydroxyl groups is 1. The molecule has 1 unspecified atom stereocenters. The molecule has 1 saturated carbocycles. The summed E-state index contributed by atoms with van der Waals surface area (Å²) in [6.45, 7) is 5.10. The molecule has 1 saturated heterocycles. The predicted octanol–water partition coefficient (Wildman–Crippen LogP) is 0.459. The molecule has 0 amide bonds. The zero-order valence-corrected chi connectivity index (χ0v) is 11.0. The van der Waals surface area contributed by atoms with Crippen LogP contribution in [0.25, 0.3) is 0 Å². The van der Waals surface area contributed by atoms with Gasteiger partial charge in [0.25, 0.3) is 0 Å². The van der Waals surface area contributed by atoms with Gasteiger partial charge in [-0.15, -0.1) is 0 Å². The average molecular weight is 242 g/mol. The summed E-state index contributed by atoms with van der Waals surface area (Å²) in [6.07, 6.45) is 5.45.